The Balaban J connectivity index is 2.52. The monoisotopic (exact) mass is 342 g/mol. The minimum Gasteiger partial charge on any atom is -0.463 e. The van der Waals surface area contributed by atoms with Crippen LogP contribution in [0.5, 0.6) is 0 Å². The van der Waals surface area contributed by atoms with Crippen LogP contribution in [-0.2, 0) is 28.6 Å². The number of rotatable bonds is 0. The zero-order valence-electron chi connectivity index (χ0n) is 15.0. The highest BCUT2D eigenvalue weighted by Gasteiger charge is 2.16. The van der Waals surface area contributed by atoms with Gasteiger partial charge in [0.1, 0.15) is 0 Å². The van der Waals surface area contributed by atoms with Gasteiger partial charge in [-0.2, -0.15) is 0 Å². The molecule has 3 atom stereocenters. The standard InChI is InChI=1S/C18H30O6/c1-13-7-4-10-17(20)23-15(3)9-6-12-18(21)24-14(2)8-5-11-16(19)22-13/h13-15H,4-12H2,1-3H3/t13-,14-,15-/m1/s1. The Morgan fingerprint density at radius 3 is 1.08 bits per heavy atom. The molecule has 6 heteroatoms. The second-order valence-corrected chi connectivity index (χ2v) is 6.58. The molecule has 0 aromatic rings. The molecule has 0 N–H and O–H groups in total. The number of carbonyl (C=O) groups excluding carboxylic acids is 3. The summed E-state index contributed by atoms with van der Waals surface area (Å²) in [5, 5.41) is 0. The summed E-state index contributed by atoms with van der Waals surface area (Å²) in [5.41, 5.74) is 0. The number of hydrogen-bond acceptors (Lipinski definition) is 6. The first-order chi connectivity index (χ1) is 11.4. The van der Waals surface area contributed by atoms with Gasteiger partial charge >= 0.3 is 17.9 Å². The molecule has 138 valence electrons. The Hall–Kier alpha value is -1.59. The quantitative estimate of drug-likeness (QED) is 0.496. The largest absolute Gasteiger partial charge is 0.463 e. The van der Waals surface area contributed by atoms with Gasteiger partial charge in [-0.15, -0.1) is 0 Å². The highest BCUT2D eigenvalue weighted by atomic mass is 16.6. The Bertz CT molecular complexity index is 358. The maximum absolute atomic E-state index is 11.7. The Labute approximate surface area is 144 Å². The van der Waals surface area contributed by atoms with Gasteiger partial charge < -0.3 is 14.2 Å². The van der Waals surface area contributed by atoms with Gasteiger partial charge in [0.05, 0.1) is 18.3 Å². The number of esters is 3. The first-order valence-electron chi connectivity index (χ1n) is 8.95. The first kappa shape index (κ1) is 20.5. The number of ether oxygens (including phenoxy) is 3. The topological polar surface area (TPSA) is 78.9 Å². The molecule has 0 spiro atoms. The molecule has 0 aliphatic carbocycles. The van der Waals surface area contributed by atoms with Gasteiger partial charge in [0.2, 0.25) is 0 Å². The summed E-state index contributed by atoms with van der Waals surface area (Å²) in [6.07, 6.45) is 4.11. The Morgan fingerprint density at radius 1 is 0.583 bits per heavy atom. The first-order valence-corrected chi connectivity index (χ1v) is 8.95. The summed E-state index contributed by atoms with van der Waals surface area (Å²) < 4.78 is 15.9. The maximum atomic E-state index is 11.7. The van der Waals surface area contributed by atoms with Crippen molar-refractivity contribution < 1.29 is 28.6 Å². The van der Waals surface area contributed by atoms with Crippen molar-refractivity contribution in [3.8, 4) is 0 Å². The van der Waals surface area contributed by atoms with Crippen molar-refractivity contribution >= 4 is 17.9 Å². The van der Waals surface area contributed by atoms with Crippen LogP contribution < -0.4 is 0 Å². The second-order valence-electron chi connectivity index (χ2n) is 6.58. The molecule has 6 nitrogen and oxygen atoms in total. The van der Waals surface area contributed by atoms with E-state index in [4.69, 9.17) is 14.2 Å². The van der Waals surface area contributed by atoms with Crippen molar-refractivity contribution in [1.82, 2.24) is 0 Å². The van der Waals surface area contributed by atoms with Crippen molar-refractivity contribution in [2.24, 2.45) is 0 Å². The lowest BCUT2D eigenvalue weighted by molar-refractivity contribution is -0.150. The molecule has 0 aromatic heterocycles. The summed E-state index contributed by atoms with van der Waals surface area (Å²) in [4.78, 5) is 35.2. The Morgan fingerprint density at radius 2 is 0.833 bits per heavy atom. The van der Waals surface area contributed by atoms with Crippen molar-refractivity contribution in [3.05, 3.63) is 0 Å². The van der Waals surface area contributed by atoms with E-state index in [1.165, 1.54) is 0 Å². The van der Waals surface area contributed by atoms with Crippen molar-refractivity contribution in [2.75, 3.05) is 0 Å². The van der Waals surface area contributed by atoms with Gasteiger partial charge in [-0.05, 0) is 59.3 Å². The molecule has 1 fully saturated rings. The molecule has 0 amide bonds. The molecule has 0 saturated carbocycles. The molecule has 1 saturated heterocycles. The van der Waals surface area contributed by atoms with Crippen LogP contribution in [0.1, 0.15) is 78.6 Å². The van der Waals surface area contributed by atoms with Crippen LogP contribution in [0, 0.1) is 0 Å². The maximum Gasteiger partial charge on any atom is 0.306 e. The van der Waals surface area contributed by atoms with Gasteiger partial charge in [0, 0.05) is 19.3 Å². The molecule has 0 radical (unpaired) electrons. The lowest BCUT2D eigenvalue weighted by atomic mass is 10.1. The SMILES string of the molecule is C[C@@H]1CCCC(=O)O[C@H](C)CCCC(=O)O[C@H](C)CCCC(=O)O1. The van der Waals surface area contributed by atoms with Crippen LogP contribution in [0.3, 0.4) is 0 Å². The summed E-state index contributed by atoms with van der Waals surface area (Å²) >= 11 is 0. The van der Waals surface area contributed by atoms with E-state index in [2.05, 4.69) is 0 Å². The zero-order valence-corrected chi connectivity index (χ0v) is 15.0. The van der Waals surface area contributed by atoms with Crippen LogP contribution in [0.15, 0.2) is 0 Å². The number of hydrogen-bond donors (Lipinski definition) is 0. The van der Waals surface area contributed by atoms with Gasteiger partial charge in [-0.1, -0.05) is 0 Å². The average molecular weight is 342 g/mol. The normalized spacial score (nSPS) is 29.6. The molecule has 1 aliphatic rings. The fourth-order valence-corrected chi connectivity index (χ4v) is 2.63. The minimum atomic E-state index is -0.252. The highest BCUT2D eigenvalue weighted by molar-refractivity contribution is 5.70. The van der Waals surface area contributed by atoms with E-state index in [0.717, 1.165) is 0 Å². The molecular formula is C18H30O6. The van der Waals surface area contributed by atoms with E-state index in [0.29, 0.717) is 57.8 Å². The second kappa shape index (κ2) is 11.0. The third-order valence-corrected chi connectivity index (χ3v) is 3.97. The Kier molecular flexibility index (Phi) is 9.42. The molecule has 0 aromatic carbocycles. The van der Waals surface area contributed by atoms with Gasteiger partial charge in [0.25, 0.3) is 0 Å². The third-order valence-electron chi connectivity index (χ3n) is 3.97. The van der Waals surface area contributed by atoms with Crippen LogP contribution >= 0.6 is 0 Å². The fourth-order valence-electron chi connectivity index (χ4n) is 2.63. The van der Waals surface area contributed by atoms with E-state index < -0.39 is 0 Å². The molecule has 1 rings (SSSR count). The van der Waals surface area contributed by atoms with Gasteiger partial charge in [-0.25, -0.2) is 0 Å². The third kappa shape index (κ3) is 9.53. The van der Waals surface area contributed by atoms with Crippen LogP contribution in [0.2, 0.25) is 0 Å². The van der Waals surface area contributed by atoms with E-state index in [1.807, 2.05) is 20.8 Å². The van der Waals surface area contributed by atoms with E-state index >= 15 is 0 Å². The predicted octanol–water partition coefficient (Wildman–Crippen LogP) is 3.31. The van der Waals surface area contributed by atoms with Crippen molar-refractivity contribution in [2.45, 2.75) is 96.9 Å². The predicted molar refractivity (Wildman–Crippen MR) is 88.2 cm³/mol. The van der Waals surface area contributed by atoms with Crippen molar-refractivity contribution in [3.63, 3.8) is 0 Å². The highest BCUT2D eigenvalue weighted by Crippen LogP contribution is 2.13. The molecule has 1 aliphatic heterocycles. The van der Waals surface area contributed by atoms with Gasteiger partial charge in [0.15, 0.2) is 0 Å². The molecule has 0 bridgehead atoms. The summed E-state index contributed by atoms with van der Waals surface area (Å²) in [6.45, 7) is 5.48. The van der Waals surface area contributed by atoms with Crippen molar-refractivity contribution in [1.29, 1.82) is 0 Å². The molecule has 1 heterocycles. The summed E-state index contributed by atoms with van der Waals surface area (Å²) in [5.74, 6) is -0.755. The van der Waals surface area contributed by atoms with E-state index in [-0.39, 0.29) is 36.2 Å². The average Bonchev–Trinajstić information content (AvgIpc) is 2.45. The molecule has 0 unspecified atom stereocenters. The van der Waals surface area contributed by atoms with Crippen LogP contribution in [-0.4, -0.2) is 36.2 Å². The number of carbonyl (C=O) groups is 3. The lowest BCUT2D eigenvalue weighted by Gasteiger charge is -2.17. The fraction of sp³-hybridized carbons (Fsp3) is 0.833. The zero-order chi connectivity index (χ0) is 17.9. The summed E-state index contributed by atoms with van der Waals surface area (Å²) in [7, 11) is 0. The van der Waals surface area contributed by atoms with E-state index in [1.54, 1.807) is 0 Å². The number of cyclic esters (lactones) is 3. The smallest absolute Gasteiger partial charge is 0.306 e. The van der Waals surface area contributed by atoms with Gasteiger partial charge in [-0.3, -0.25) is 14.4 Å². The van der Waals surface area contributed by atoms with Crippen LogP contribution in [0.4, 0.5) is 0 Å². The van der Waals surface area contributed by atoms with Crippen LogP contribution in [0.25, 0.3) is 0 Å². The molecule has 24 heavy (non-hydrogen) atoms. The lowest BCUT2D eigenvalue weighted by Crippen LogP contribution is -2.19. The van der Waals surface area contributed by atoms with E-state index in [9.17, 15) is 14.4 Å². The minimum absolute atomic E-state index is 0.211. The summed E-state index contributed by atoms with van der Waals surface area (Å²) in [6, 6.07) is 0. The molecular weight excluding hydrogens is 312 g/mol.